The zero-order valence-electron chi connectivity index (χ0n) is 14.6. The summed E-state index contributed by atoms with van der Waals surface area (Å²) in [7, 11) is 0. The first kappa shape index (κ1) is 16.4. The molecule has 1 N–H and O–H groups in total. The average molecular weight is 330 g/mol. The lowest BCUT2D eigenvalue weighted by atomic mass is 9.91. The Morgan fingerprint density at radius 2 is 1.96 bits per heavy atom. The Hall–Kier alpha value is -2.50. The van der Waals surface area contributed by atoms with Crippen molar-refractivity contribution < 1.29 is 18.8 Å². The lowest BCUT2D eigenvalue weighted by Gasteiger charge is -2.15. The molecule has 0 aliphatic carbocycles. The first-order chi connectivity index (χ1) is 11.3. The first-order valence-electron chi connectivity index (χ1n) is 7.94. The number of ether oxygens (including phenoxy) is 2. The molecule has 0 spiro atoms. The van der Waals surface area contributed by atoms with E-state index in [1.807, 2.05) is 52.8 Å². The number of hydrogen-bond donors (Lipinski definition) is 1. The molecule has 1 aromatic carbocycles. The van der Waals surface area contributed by atoms with Gasteiger partial charge in [-0.2, -0.15) is 0 Å². The van der Waals surface area contributed by atoms with Gasteiger partial charge in [-0.15, -0.1) is 0 Å². The zero-order chi connectivity index (χ0) is 17.5. The molecule has 0 bridgehead atoms. The molecular formula is C18H22N2O4. The maximum atomic E-state index is 12.6. The third-order valence-electron chi connectivity index (χ3n) is 4.14. The highest BCUT2D eigenvalue weighted by Crippen LogP contribution is 2.35. The van der Waals surface area contributed by atoms with E-state index in [0.29, 0.717) is 17.3 Å². The summed E-state index contributed by atoms with van der Waals surface area (Å²) in [5.41, 5.74) is 1.55. The summed E-state index contributed by atoms with van der Waals surface area (Å²) in [6.07, 6.45) is 0. The Balaban J connectivity index is 1.76. The van der Waals surface area contributed by atoms with Crippen LogP contribution in [0.4, 0.5) is 5.82 Å². The van der Waals surface area contributed by atoms with Crippen molar-refractivity contribution >= 4 is 11.7 Å². The number of benzene rings is 1. The van der Waals surface area contributed by atoms with Gasteiger partial charge in [-0.25, -0.2) is 0 Å². The normalized spacial score (nSPS) is 14.5. The summed E-state index contributed by atoms with van der Waals surface area (Å²) in [5, 5.41) is 6.86. The lowest BCUT2D eigenvalue weighted by molar-refractivity contribution is -0.117. The fraction of sp³-hybridized carbons (Fsp3) is 0.444. The summed E-state index contributed by atoms with van der Waals surface area (Å²) >= 11 is 0. The van der Waals surface area contributed by atoms with Crippen LogP contribution in [-0.4, -0.2) is 17.9 Å². The van der Waals surface area contributed by atoms with Crippen LogP contribution < -0.4 is 14.8 Å². The van der Waals surface area contributed by atoms with Crippen molar-refractivity contribution in [3.05, 3.63) is 35.1 Å². The van der Waals surface area contributed by atoms with E-state index in [2.05, 4.69) is 10.5 Å². The molecule has 3 rings (SSSR count). The number of carbonyl (C=O) groups excluding carboxylic acids is 1. The van der Waals surface area contributed by atoms with E-state index in [9.17, 15) is 4.79 Å². The molecule has 6 heteroatoms. The van der Waals surface area contributed by atoms with Crippen LogP contribution in [0, 0.1) is 6.92 Å². The summed E-state index contributed by atoms with van der Waals surface area (Å²) in [6, 6.07) is 5.53. The molecule has 1 amide bonds. The zero-order valence-corrected chi connectivity index (χ0v) is 14.6. The summed E-state index contributed by atoms with van der Waals surface area (Å²) in [4.78, 5) is 12.6. The van der Waals surface area contributed by atoms with Gasteiger partial charge >= 0.3 is 0 Å². The fourth-order valence-corrected chi connectivity index (χ4v) is 2.71. The molecule has 1 aliphatic rings. The van der Waals surface area contributed by atoms with Gasteiger partial charge in [-0.1, -0.05) is 32.0 Å². The molecule has 2 heterocycles. The second-order valence-corrected chi connectivity index (χ2v) is 7.06. The van der Waals surface area contributed by atoms with Crippen molar-refractivity contribution in [1.29, 1.82) is 0 Å². The van der Waals surface area contributed by atoms with Crippen molar-refractivity contribution in [3.8, 4) is 11.5 Å². The number of carbonyl (C=O) groups is 1. The highest BCUT2D eigenvalue weighted by atomic mass is 16.7. The highest BCUT2D eigenvalue weighted by molar-refractivity contribution is 5.95. The minimum absolute atomic E-state index is 0.147. The number of hydrogen-bond acceptors (Lipinski definition) is 5. The van der Waals surface area contributed by atoms with Crippen LogP contribution in [0.3, 0.4) is 0 Å². The summed E-state index contributed by atoms with van der Waals surface area (Å²) in [5.74, 6) is 2.11. The van der Waals surface area contributed by atoms with Gasteiger partial charge in [0.05, 0.1) is 5.92 Å². The molecule has 0 radical (unpaired) electrons. The molecule has 128 valence electrons. The molecule has 1 aromatic heterocycles. The van der Waals surface area contributed by atoms with Gasteiger partial charge in [-0.3, -0.25) is 4.79 Å². The number of fused-ring (bicyclic) bond motifs is 1. The van der Waals surface area contributed by atoms with E-state index in [-0.39, 0.29) is 24.0 Å². The van der Waals surface area contributed by atoms with Crippen molar-refractivity contribution in [2.24, 2.45) is 0 Å². The van der Waals surface area contributed by atoms with Crippen LogP contribution in [0.2, 0.25) is 0 Å². The molecule has 6 nitrogen and oxygen atoms in total. The molecule has 1 unspecified atom stereocenters. The van der Waals surface area contributed by atoms with E-state index in [1.54, 1.807) is 0 Å². The summed E-state index contributed by atoms with van der Waals surface area (Å²) < 4.78 is 16.1. The Labute approximate surface area is 141 Å². The van der Waals surface area contributed by atoms with Crippen molar-refractivity contribution in [2.75, 3.05) is 12.1 Å². The number of amides is 1. The largest absolute Gasteiger partial charge is 0.454 e. The molecule has 0 saturated carbocycles. The monoisotopic (exact) mass is 330 g/mol. The third kappa shape index (κ3) is 2.96. The van der Waals surface area contributed by atoms with Gasteiger partial charge < -0.3 is 19.3 Å². The maximum absolute atomic E-state index is 12.6. The Kier molecular flexibility index (Phi) is 3.99. The smallest absolute Gasteiger partial charge is 0.232 e. The molecule has 2 aromatic rings. The van der Waals surface area contributed by atoms with Gasteiger partial charge in [0.15, 0.2) is 17.3 Å². The predicted molar refractivity (Wildman–Crippen MR) is 89.5 cm³/mol. The first-order valence-corrected chi connectivity index (χ1v) is 7.94. The van der Waals surface area contributed by atoms with Gasteiger partial charge in [0.1, 0.15) is 5.76 Å². The fourth-order valence-electron chi connectivity index (χ4n) is 2.71. The number of nitrogens with zero attached hydrogens (tertiary/aromatic N) is 1. The van der Waals surface area contributed by atoms with Crippen molar-refractivity contribution in [2.45, 2.75) is 46.0 Å². The number of aromatic nitrogens is 1. The number of nitrogens with one attached hydrogen (secondary N) is 1. The Bertz CT molecular complexity index is 774. The van der Waals surface area contributed by atoms with Gasteiger partial charge in [0.2, 0.25) is 12.7 Å². The lowest BCUT2D eigenvalue weighted by Crippen LogP contribution is -2.20. The Morgan fingerprint density at radius 3 is 2.62 bits per heavy atom. The molecule has 0 fully saturated rings. The van der Waals surface area contributed by atoms with Crippen LogP contribution in [0.1, 0.15) is 50.5 Å². The van der Waals surface area contributed by atoms with E-state index in [0.717, 1.165) is 16.9 Å². The van der Waals surface area contributed by atoms with Gasteiger partial charge in [0, 0.05) is 11.0 Å². The van der Waals surface area contributed by atoms with E-state index >= 15 is 0 Å². The second-order valence-electron chi connectivity index (χ2n) is 7.06. The van der Waals surface area contributed by atoms with Gasteiger partial charge in [0.25, 0.3) is 0 Å². The minimum Gasteiger partial charge on any atom is -0.454 e. The molecule has 1 aliphatic heterocycles. The highest BCUT2D eigenvalue weighted by Gasteiger charge is 2.26. The topological polar surface area (TPSA) is 73.6 Å². The quantitative estimate of drug-likeness (QED) is 0.928. The van der Waals surface area contributed by atoms with Crippen LogP contribution in [-0.2, 0) is 10.2 Å². The van der Waals surface area contributed by atoms with Crippen LogP contribution in [0.15, 0.2) is 22.7 Å². The van der Waals surface area contributed by atoms with Gasteiger partial charge in [-0.05, 0) is 31.5 Å². The van der Waals surface area contributed by atoms with Crippen LogP contribution in [0.25, 0.3) is 0 Å². The van der Waals surface area contributed by atoms with Crippen molar-refractivity contribution in [1.82, 2.24) is 5.16 Å². The number of rotatable bonds is 3. The maximum Gasteiger partial charge on any atom is 0.232 e. The van der Waals surface area contributed by atoms with E-state index in [4.69, 9.17) is 14.0 Å². The summed E-state index contributed by atoms with van der Waals surface area (Å²) in [6.45, 7) is 10.1. The minimum atomic E-state index is -0.353. The second kappa shape index (κ2) is 5.85. The standard InChI is InChI=1S/C18H22N2O4/c1-10(12-6-7-13-14(8-12)23-9-22-13)17(21)19-16-11(2)15(24-20-16)18(3,4)5/h6-8,10H,9H2,1-5H3,(H,19,20,21). The number of anilines is 1. The molecule has 0 saturated heterocycles. The molecule has 24 heavy (non-hydrogen) atoms. The van der Waals surface area contributed by atoms with E-state index in [1.165, 1.54) is 0 Å². The van der Waals surface area contributed by atoms with E-state index < -0.39 is 0 Å². The molecular weight excluding hydrogens is 308 g/mol. The predicted octanol–water partition coefficient (Wildman–Crippen LogP) is 3.75. The SMILES string of the molecule is Cc1c(NC(=O)C(C)c2ccc3c(c2)OCO3)noc1C(C)(C)C. The Morgan fingerprint density at radius 1 is 1.25 bits per heavy atom. The van der Waals surface area contributed by atoms with Crippen LogP contribution >= 0.6 is 0 Å². The third-order valence-corrected chi connectivity index (χ3v) is 4.14. The van der Waals surface area contributed by atoms with Crippen molar-refractivity contribution in [3.63, 3.8) is 0 Å². The average Bonchev–Trinajstić information content (AvgIpc) is 3.12. The van der Waals surface area contributed by atoms with Crippen LogP contribution in [0.5, 0.6) is 11.5 Å². The molecule has 1 atom stereocenters.